The van der Waals surface area contributed by atoms with Crippen molar-refractivity contribution >= 4 is 20.9 Å². The van der Waals surface area contributed by atoms with E-state index in [1.165, 1.54) is 30.5 Å². The molecule has 5 aromatic rings. The van der Waals surface area contributed by atoms with E-state index in [4.69, 9.17) is 4.74 Å². The van der Waals surface area contributed by atoms with Crippen molar-refractivity contribution in [3.05, 3.63) is 120 Å². The monoisotopic (exact) mass is 572 g/mol. The van der Waals surface area contributed by atoms with E-state index in [1.54, 1.807) is 41.2 Å². The highest BCUT2D eigenvalue weighted by atomic mass is 32.2. The molecule has 5 rings (SSSR count). The Labute approximate surface area is 236 Å². The second-order valence-electron chi connectivity index (χ2n) is 10.2. The molecular weight excluding hydrogens is 546 g/mol. The van der Waals surface area contributed by atoms with E-state index in [1.807, 2.05) is 12.3 Å². The molecule has 2 aromatic heterocycles. The molecular formula is C31H26F2N4O3S. The van der Waals surface area contributed by atoms with Crippen LogP contribution in [-0.4, -0.2) is 22.2 Å². The third-order valence-electron chi connectivity index (χ3n) is 6.94. The summed E-state index contributed by atoms with van der Waals surface area (Å²) in [4.78, 5) is 0.0521. The van der Waals surface area contributed by atoms with Gasteiger partial charge in [-0.25, -0.2) is 21.2 Å². The van der Waals surface area contributed by atoms with Gasteiger partial charge in [0.25, 0.3) is 10.0 Å². The van der Waals surface area contributed by atoms with Gasteiger partial charge in [-0.1, -0.05) is 38.1 Å². The van der Waals surface area contributed by atoms with Gasteiger partial charge in [0.15, 0.2) is 11.6 Å². The van der Waals surface area contributed by atoms with Crippen LogP contribution in [0.4, 0.5) is 8.78 Å². The van der Waals surface area contributed by atoms with Gasteiger partial charge in [0, 0.05) is 35.5 Å². The lowest BCUT2D eigenvalue weighted by Crippen LogP contribution is -2.15. The standard InChI is InChI=1S/C31H26F2N4O3S/c1-4-13-31(2,3)22-18-35-36(19-22)20-26-25-12-14-37(41(38,39)24-8-6-5-7-9-24)29(25)16-28(33)30(26)40-23-10-11-27(32)21(15-23)17-34/h4-12,14-16,18-19H,1,13,20H2,2-3H3. The number of ether oxygens (including phenoxy) is 1. The molecule has 208 valence electrons. The van der Waals surface area contributed by atoms with E-state index in [0.717, 1.165) is 21.7 Å². The molecule has 41 heavy (non-hydrogen) atoms. The van der Waals surface area contributed by atoms with Crippen LogP contribution in [0.5, 0.6) is 11.5 Å². The Balaban J connectivity index is 1.67. The van der Waals surface area contributed by atoms with Gasteiger partial charge in [-0.05, 0) is 47.7 Å². The quantitative estimate of drug-likeness (QED) is 0.179. The molecule has 0 spiro atoms. The van der Waals surface area contributed by atoms with Crippen molar-refractivity contribution < 1.29 is 21.9 Å². The zero-order valence-corrected chi connectivity index (χ0v) is 23.2. The average Bonchev–Trinajstić information content (AvgIpc) is 3.60. The van der Waals surface area contributed by atoms with E-state index < -0.39 is 21.7 Å². The fourth-order valence-corrected chi connectivity index (χ4v) is 6.03. The summed E-state index contributed by atoms with van der Waals surface area (Å²) < 4.78 is 65.3. The van der Waals surface area contributed by atoms with Gasteiger partial charge in [-0.2, -0.15) is 10.4 Å². The first-order chi connectivity index (χ1) is 19.5. The van der Waals surface area contributed by atoms with Crippen molar-refractivity contribution in [3.8, 4) is 17.6 Å². The molecule has 7 nitrogen and oxygen atoms in total. The Morgan fingerprint density at radius 1 is 1.10 bits per heavy atom. The Kier molecular flexibility index (Phi) is 7.24. The molecule has 3 aromatic carbocycles. The number of rotatable bonds is 9. The molecule has 0 aliphatic carbocycles. The number of hydrogen-bond acceptors (Lipinski definition) is 5. The Bertz CT molecular complexity index is 1920. The first kappa shape index (κ1) is 27.8. The number of fused-ring (bicyclic) bond motifs is 1. The zero-order valence-electron chi connectivity index (χ0n) is 22.4. The number of hydrogen-bond donors (Lipinski definition) is 0. The topological polar surface area (TPSA) is 89.9 Å². The number of aromatic nitrogens is 3. The van der Waals surface area contributed by atoms with Crippen molar-refractivity contribution in [2.75, 3.05) is 0 Å². The van der Waals surface area contributed by atoms with E-state index >= 15 is 4.39 Å². The van der Waals surface area contributed by atoms with Gasteiger partial charge in [0.1, 0.15) is 17.6 Å². The summed E-state index contributed by atoms with van der Waals surface area (Å²) in [6, 6.07) is 15.8. The second-order valence-corrected chi connectivity index (χ2v) is 12.0. The maximum absolute atomic E-state index is 15.9. The molecule has 0 fully saturated rings. The minimum absolute atomic E-state index is 0.0372. The molecule has 0 saturated carbocycles. The summed E-state index contributed by atoms with van der Waals surface area (Å²) >= 11 is 0. The normalized spacial score (nSPS) is 11.9. The summed E-state index contributed by atoms with van der Waals surface area (Å²) in [6.45, 7) is 7.97. The predicted molar refractivity (Wildman–Crippen MR) is 151 cm³/mol. The van der Waals surface area contributed by atoms with Crippen LogP contribution in [0.2, 0.25) is 0 Å². The largest absolute Gasteiger partial charge is 0.454 e. The maximum Gasteiger partial charge on any atom is 0.268 e. The number of halogens is 2. The summed E-state index contributed by atoms with van der Waals surface area (Å²) in [5, 5.41) is 14.1. The average molecular weight is 573 g/mol. The van der Waals surface area contributed by atoms with Gasteiger partial charge in [0.05, 0.1) is 28.7 Å². The second kappa shape index (κ2) is 10.7. The lowest BCUT2D eigenvalue weighted by atomic mass is 9.84. The Morgan fingerprint density at radius 2 is 1.85 bits per heavy atom. The van der Waals surface area contributed by atoms with Crippen LogP contribution < -0.4 is 4.74 Å². The Hall–Kier alpha value is -4.75. The third-order valence-corrected chi connectivity index (χ3v) is 8.64. The highest BCUT2D eigenvalue weighted by molar-refractivity contribution is 7.90. The predicted octanol–water partition coefficient (Wildman–Crippen LogP) is 6.92. The summed E-state index contributed by atoms with van der Waals surface area (Å²) in [7, 11) is -4.04. The third kappa shape index (κ3) is 5.24. The number of allylic oxidation sites excluding steroid dienone is 1. The number of nitriles is 1. The van der Waals surface area contributed by atoms with E-state index in [0.29, 0.717) is 17.4 Å². The molecule has 2 heterocycles. The molecule has 0 saturated heterocycles. The van der Waals surface area contributed by atoms with Crippen molar-refractivity contribution in [1.29, 1.82) is 5.26 Å². The van der Waals surface area contributed by atoms with Crippen LogP contribution in [0, 0.1) is 23.0 Å². The zero-order chi connectivity index (χ0) is 29.4. The molecule has 0 aliphatic rings. The van der Waals surface area contributed by atoms with E-state index in [2.05, 4.69) is 25.5 Å². The van der Waals surface area contributed by atoms with Crippen molar-refractivity contribution in [2.24, 2.45) is 0 Å². The van der Waals surface area contributed by atoms with Crippen LogP contribution >= 0.6 is 0 Å². The summed E-state index contributed by atoms with van der Waals surface area (Å²) in [5.74, 6) is -1.71. The van der Waals surface area contributed by atoms with Crippen LogP contribution in [-0.2, 0) is 22.0 Å². The smallest absolute Gasteiger partial charge is 0.268 e. The molecule has 0 N–H and O–H groups in total. The van der Waals surface area contributed by atoms with Crippen molar-refractivity contribution in [1.82, 2.24) is 13.8 Å². The van der Waals surface area contributed by atoms with Crippen molar-refractivity contribution in [2.45, 2.75) is 37.1 Å². The molecule has 0 bridgehead atoms. The lowest BCUT2D eigenvalue weighted by molar-refractivity contribution is 0.433. The summed E-state index contributed by atoms with van der Waals surface area (Å²) in [5.41, 5.74) is 0.873. The van der Waals surface area contributed by atoms with Crippen LogP contribution in [0.3, 0.4) is 0 Å². The van der Waals surface area contributed by atoms with E-state index in [9.17, 15) is 18.1 Å². The molecule has 0 radical (unpaired) electrons. The molecule has 0 unspecified atom stereocenters. The number of benzene rings is 3. The molecule has 10 heteroatoms. The van der Waals surface area contributed by atoms with Crippen LogP contribution in [0.1, 0.15) is 37.0 Å². The molecule has 0 atom stereocenters. The van der Waals surface area contributed by atoms with Gasteiger partial charge >= 0.3 is 0 Å². The van der Waals surface area contributed by atoms with Crippen LogP contribution in [0.25, 0.3) is 10.9 Å². The fraction of sp³-hybridized carbons (Fsp3) is 0.161. The lowest BCUT2D eigenvalue weighted by Gasteiger charge is -2.20. The first-order valence-electron chi connectivity index (χ1n) is 12.7. The highest BCUT2D eigenvalue weighted by Crippen LogP contribution is 2.37. The minimum Gasteiger partial charge on any atom is -0.454 e. The molecule has 0 amide bonds. The fourth-order valence-electron chi connectivity index (χ4n) is 4.67. The molecule has 0 aliphatic heterocycles. The SMILES string of the molecule is C=CCC(C)(C)c1cnn(Cc2c(Oc3ccc(F)c(C#N)c3)c(F)cc3c2ccn3S(=O)(=O)c2ccccc2)c1. The van der Waals surface area contributed by atoms with Crippen molar-refractivity contribution in [3.63, 3.8) is 0 Å². The Morgan fingerprint density at radius 3 is 2.56 bits per heavy atom. The van der Waals surface area contributed by atoms with Gasteiger partial charge < -0.3 is 4.74 Å². The minimum atomic E-state index is -4.04. The van der Waals surface area contributed by atoms with Gasteiger partial charge in [-0.15, -0.1) is 6.58 Å². The van der Waals surface area contributed by atoms with E-state index in [-0.39, 0.29) is 39.4 Å². The first-order valence-corrected chi connectivity index (χ1v) is 14.1. The number of nitrogens with zero attached hydrogens (tertiary/aromatic N) is 4. The summed E-state index contributed by atoms with van der Waals surface area (Å²) in [6.07, 6.45) is 7.47. The van der Waals surface area contributed by atoms with Gasteiger partial charge in [-0.3, -0.25) is 4.68 Å². The maximum atomic E-state index is 15.9. The van der Waals surface area contributed by atoms with Crippen LogP contribution in [0.15, 0.2) is 96.8 Å². The van der Waals surface area contributed by atoms with Gasteiger partial charge in [0.2, 0.25) is 0 Å². The highest BCUT2D eigenvalue weighted by Gasteiger charge is 2.26.